The minimum absolute atomic E-state index is 0.101. The Bertz CT molecular complexity index is 232. The third-order valence-electron chi connectivity index (χ3n) is 3.08. The Morgan fingerprint density at radius 1 is 0.895 bits per heavy atom. The largest absolute Gasteiger partial charge is 0.330 e. The molecule has 0 aromatic rings. The molecule has 0 rings (SSSR count). The van der Waals surface area contributed by atoms with Crippen molar-refractivity contribution in [3.05, 3.63) is 0 Å². The molecule has 0 heterocycles. The third kappa shape index (κ3) is 9.65. The fraction of sp³-hybridized carbons (Fsp3) is 1.00. The fourth-order valence-corrected chi connectivity index (χ4v) is 4.09. The standard InChI is InChI=1S/C15H33O3P/c1-5-9-12-15(11-7-3)18-19(16,14-10-6-2)17-13-8-4/h15H,5-14H2,1-4H3. The lowest BCUT2D eigenvalue weighted by Crippen LogP contribution is -2.14. The Labute approximate surface area is 120 Å². The van der Waals surface area contributed by atoms with E-state index in [4.69, 9.17) is 9.05 Å². The summed E-state index contributed by atoms with van der Waals surface area (Å²) in [7, 11) is -2.88. The molecular formula is C15H33O3P. The van der Waals surface area contributed by atoms with Crippen LogP contribution < -0.4 is 0 Å². The van der Waals surface area contributed by atoms with Crippen LogP contribution in [0.2, 0.25) is 0 Å². The van der Waals surface area contributed by atoms with Crippen LogP contribution in [0.5, 0.6) is 0 Å². The normalized spacial score (nSPS) is 16.2. The van der Waals surface area contributed by atoms with E-state index in [1.807, 2.05) is 6.92 Å². The highest BCUT2D eigenvalue weighted by molar-refractivity contribution is 7.53. The second-order valence-electron chi connectivity index (χ2n) is 5.18. The van der Waals surface area contributed by atoms with Crippen LogP contribution in [0.3, 0.4) is 0 Å². The van der Waals surface area contributed by atoms with Gasteiger partial charge in [-0.1, -0.05) is 53.4 Å². The number of unbranched alkanes of at least 4 members (excludes halogenated alkanes) is 2. The Morgan fingerprint density at radius 2 is 1.58 bits per heavy atom. The van der Waals surface area contributed by atoms with Crippen molar-refractivity contribution in [2.75, 3.05) is 12.8 Å². The topological polar surface area (TPSA) is 35.5 Å². The van der Waals surface area contributed by atoms with Gasteiger partial charge in [0.2, 0.25) is 0 Å². The maximum Gasteiger partial charge on any atom is 0.330 e. The van der Waals surface area contributed by atoms with E-state index >= 15 is 0 Å². The van der Waals surface area contributed by atoms with E-state index in [1.165, 1.54) is 0 Å². The van der Waals surface area contributed by atoms with Crippen molar-refractivity contribution in [2.45, 2.75) is 85.2 Å². The molecule has 2 unspecified atom stereocenters. The molecule has 116 valence electrons. The predicted molar refractivity (Wildman–Crippen MR) is 82.9 cm³/mol. The van der Waals surface area contributed by atoms with E-state index in [0.717, 1.165) is 51.4 Å². The van der Waals surface area contributed by atoms with Crippen LogP contribution in [-0.4, -0.2) is 18.9 Å². The summed E-state index contributed by atoms with van der Waals surface area (Å²) in [5, 5.41) is 0. The van der Waals surface area contributed by atoms with Gasteiger partial charge in [0.05, 0.1) is 18.9 Å². The summed E-state index contributed by atoms with van der Waals surface area (Å²) in [6.45, 7) is 8.99. The molecule has 0 aliphatic heterocycles. The van der Waals surface area contributed by atoms with Gasteiger partial charge in [0.25, 0.3) is 0 Å². The second-order valence-corrected chi connectivity index (χ2v) is 7.32. The molecule has 4 heteroatoms. The highest BCUT2D eigenvalue weighted by Gasteiger charge is 2.27. The Kier molecular flexibility index (Phi) is 12.0. The summed E-state index contributed by atoms with van der Waals surface area (Å²) in [6, 6.07) is 0. The summed E-state index contributed by atoms with van der Waals surface area (Å²) in [4.78, 5) is 0. The van der Waals surface area contributed by atoms with Crippen molar-refractivity contribution in [3.63, 3.8) is 0 Å². The Morgan fingerprint density at radius 3 is 2.11 bits per heavy atom. The summed E-state index contributed by atoms with van der Waals surface area (Å²) in [6.07, 6.45) is 8.80. The second kappa shape index (κ2) is 11.9. The van der Waals surface area contributed by atoms with Crippen molar-refractivity contribution >= 4 is 7.60 Å². The molecule has 3 nitrogen and oxygen atoms in total. The third-order valence-corrected chi connectivity index (χ3v) is 5.14. The highest BCUT2D eigenvalue weighted by atomic mass is 31.2. The van der Waals surface area contributed by atoms with E-state index in [9.17, 15) is 4.57 Å². The first-order valence-electron chi connectivity index (χ1n) is 8.03. The van der Waals surface area contributed by atoms with Gasteiger partial charge in [-0.25, -0.2) is 0 Å². The molecule has 0 saturated carbocycles. The minimum atomic E-state index is -2.88. The molecule has 0 radical (unpaired) electrons. The number of rotatable bonds is 13. The van der Waals surface area contributed by atoms with Gasteiger partial charge < -0.3 is 9.05 Å². The lowest BCUT2D eigenvalue weighted by Gasteiger charge is -2.24. The molecule has 0 saturated heterocycles. The van der Waals surface area contributed by atoms with Crippen molar-refractivity contribution < 1.29 is 13.6 Å². The smallest absolute Gasteiger partial charge is 0.309 e. The summed E-state index contributed by atoms with van der Waals surface area (Å²) < 4.78 is 24.2. The van der Waals surface area contributed by atoms with Crippen LogP contribution in [0.15, 0.2) is 0 Å². The summed E-state index contributed by atoms with van der Waals surface area (Å²) in [5.41, 5.74) is 0. The molecule has 0 aliphatic carbocycles. The van der Waals surface area contributed by atoms with Crippen molar-refractivity contribution in [2.24, 2.45) is 0 Å². The van der Waals surface area contributed by atoms with Gasteiger partial charge in [-0.15, -0.1) is 0 Å². The maximum absolute atomic E-state index is 12.7. The van der Waals surface area contributed by atoms with Gasteiger partial charge >= 0.3 is 7.60 Å². The van der Waals surface area contributed by atoms with Crippen LogP contribution in [0.25, 0.3) is 0 Å². The average molecular weight is 292 g/mol. The van der Waals surface area contributed by atoms with Gasteiger partial charge in [0.15, 0.2) is 0 Å². The van der Waals surface area contributed by atoms with Crippen molar-refractivity contribution in [1.82, 2.24) is 0 Å². The molecular weight excluding hydrogens is 259 g/mol. The molecule has 0 aromatic carbocycles. The summed E-state index contributed by atoms with van der Waals surface area (Å²) >= 11 is 0. The molecule has 0 amide bonds. The van der Waals surface area contributed by atoms with Crippen molar-refractivity contribution in [1.29, 1.82) is 0 Å². The molecule has 0 bridgehead atoms. The fourth-order valence-electron chi connectivity index (χ4n) is 1.96. The first kappa shape index (κ1) is 19.1. The van der Waals surface area contributed by atoms with E-state index in [-0.39, 0.29) is 6.10 Å². The number of hydrogen-bond acceptors (Lipinski definition) is 3. The van der Waals surface area contributed by atoms with Crippen LogP contribution in [0.1, 0.15) is 79.1 Å². The zero-order valence-electron chi connectivity index (χ0n) is 13.3. The minimum Gasteiger partial charge on any atom is -0.309 e. The van der Waals surface area contributed by atoms with E-state index in [0.29, 0.717) is 12.8 Å². The van der Waals surface area contributed by atoms with Gasteiger partial charge in [0, 0.05) is 0 Å². The molecule has 0 aliphatic rings. The van der Waals surface area contributed by atoms with Crippen molar-refractivity contribution in [3.8, 4) is 0 Å². The quantitative estimate of drug-likeness (QED) is 0.403. The highest BCUT2D eigenvalue weighted by Crippen LogP contribution is 2.51. The van der Waals surface area contributed by atoms with E-state index < -0.39 is 7.60 Å². The lowest BCUT2D eigenvalue weighted by atomic mass is 10.1. The van der Waals surface area contributed by atoms with Gasteiger partial charge in [0.1, 0.15) is 0 Å². The first-order valence-corrected chi connectivity index (χ1v) is 9.76. The number of hydrogen-bond donors (Lipinski definition) is 0. The zero-order valence-corrected chi connectivity index (χ0v) is 14.2. The SMILES string of the molecule is CCCCC(CCC)OP(=O)(CCCC)OCCC. The predicted octanol–water partition coefficient (Wildman–Crippen LogP) is 5.78. The van der Waals surface area contributed by atoms with Crippen LogP contribution in [0.4, 0.5) is 0 Å². The Balaban J connectivity index is 4.48. The van der Waals surface area contributed by atoms with Crippen LogP contribution >= 0.6 is 7.60 Å². The molecule has 0 aromatic heterocycles. The first-order chi connectivity index (χ1) is 9.11. The van der Waals surface area contributed by atoms with Crippen LogP contribution in [-0.2, 0) is 13.6 Å². The summed E-state index contributed by atoms with van der Waals surface area (Å²) in [5.74, 6) is 0. The van der Waals surface area contributed by atoms with Gasteiger partial charge in [-0.3, -0.25) is 4.57 Å². The molecule has 19 heavy (non-hydrogen) atoms. The zero-order chi connectivity index (χ0) is 14.6. The van der Waals surface area contributed by atoms with E-state index in [2.05, 4.69) is 20.8 Å². The molecule has 0 fully saturated rings. The van der Waals surface area contributed by atoms with Gasteiger partial charge in [-0.2, -0.15) is 0 Å². The Hall–Kier alpha value is 0.150. The van der Waals surface area contributed by atoms with Gasteiger partial charge in [-0.05, 0) is 25.7 Å². The van der Waals surface area contributed by atoms with Crippen LogP contribution in [0, 0.1) is 0 Å². The molecule has 2 atom stereocenters. The van der Waals surface area contributed by atoms with E-state index in [1.54, 1.807) is 0 Å². The maximum atomic E-state index is 12.7. The molecule has 0 N–H and O–H groups in total. The molecule has 0 spiro atoms. The monoisotopic (exact) mass is 292 g/mol. The lowest BCUT2D eigenvalue weighted by molar-refractivity contribution is 0.130. The average Bonchev–Trinajstić information content (AvgIpc) is 2.41.